The van der Waals surface area contributed by atoms with Crippen LogP contribution in [0.25, 0.3) is 0 Å². The summed E-state index contributed by atoms with van der Waals surface area (Å²) in [5.74, 6) is -0.404. The molecular weight excluding hydrogens is 302 g/mol. The number of nitrogens with zero attached hydrogens (tertiary/aromatic N) is 1. The maximum absolute atomic E-state index is 10.8. The number of rotatable bonds is 4. The third-order valence-electron chi connectivity index (χ3n) is 2.22. The molecule has 0 unspecified atom stereocenters. The Hall–Kier alpha value is -1.82. The van der Waals surface area contributed by atoms with Crippen LogP contribution in [0, 0.1) is 6.92 Å². The van der Waals surface area contributed by atoms with Crippen molar-refractivity contribution in [1.29, 1.82) is 0 Å². The number of carboxylic acid groups (broad SMARTS) is 1. The predicted octanol–water partition coefficient (Wildman–Crippen LogP) is 3.02. The first kappa shape index (κ1) is 12.6. The molecule has 1 aromatic carbocycles. The maximum atomic E-state index is 10.8. The van der Waals surface area contributed by atoms with E-state index in [-0.39, 0.29) is 18.3 Å². The molecule has 1 aromatic heterocycles. The Kier molecular flexibility index (Phi) is 3.66. The summed E-state index contributed by atoms with van der Waals surface area (Å²) in [5.41, 5.74) is 0.341. The van der Waals surface area contributed by atoms with Crippen molar-refractivity contribution in [2.75, 3.05) is 0 Å². The number of aryl methyl sites for hydroxylation is 1. The minimum atomic E-state index is -1.13. The first-order valence-electron chi connectivity index (χ1n) is 5.15. The number of hydrogen-bond acceptors (Lipinski definition) is 4. The number of hydrogen-bond donors (Lipinski definition) is 1. The van der Waals surface area contributed by atoms with Crippen molar-refractivity contribution in [3.8, 4) is 5.75 Å². The van der Waals surface area contributed by atoms with E-state index < -0.39 is 5.97 Å². The van der Waals surface area contributed by atoms with Gasteiger partial charge >= 0.3 is 5.97 Å². The molecule has 18 heavy (non-hydrogen) atoms. The molecule has 0 aliphatic carbocycles. The van der Waals surface area contributed by atoms with Crippen molar-refractivity contribution in [3.05, 3.63) is 46.1 Å². The minimum Gasteiger partial charge on any atom is -0.483 e. The highest BCUT2D eigenvalue weighted by molar-refractivity contribution is 9.10. The highest BCUT2D eigenvalue weighted by Gasteiger charge is 2.16. The van der Waals surface area contributed by atoms with E-state index in [4.69, 9.17) is 14.3 Å². The molecule has 0 amide bonds. The monoisotopic (exact) mass is 311 g/mol. The number of para-hydroxylation sites is 1. The Morgan fingerprint density at radius 2 is 2.22 bits per heavy atom. The molecule has 0 aliphatic rings. The van der Waals surface area contributed by atoms with Gasteiger partial charge in [-0.15, -0.1) is 0 Å². The lowest BCUT2D eigenvalue weighted by atomic mass is 10.3. The molecular formula is C12H10BrNO4. The summed E-state index contributed by atoms with van der Waals surface area (Å²) >= 11 is 3.34. The van der Waals surface area contributed by atoms with Gasteiger partial charge in [-0.1, -0.05) is 12.1 Å². The summed E-state index contributed by atoms with van der Waals surface area (Å²) < 4.78 is 11.4. The fraction of sp³-hybridized carbons (Fsp3) is 0.167. The Balaban J connectivity index is 2.09. The van der Waals surface area contributed by atoms with E-state index in [9.17, 15) is 4.79 Å². The van der Waals surface area contributed by atoms with Crippen LogP contribution in [0.1, 0.15) is 22.1 Å². The fourth-order valence-electron chi connectivity index (χ4n) is 1.41. The second kappa shape index (κ2) is 5.22. The van der Waals surface area contributed by atoms with Gasteiger partial charge in [0.05, 0.1) is 10.2 Å². The number of carbonyl (C=O) groups is 1. The van der Waals surface area contributed by atoms with Crippen molar-refractivity contribution in [1.82, 2.24) is 4.98 Å². The van der Waals surface area contributed by atoms with Crippen LogP contribution in [0.2, 0.25) is 0 Å². The standard InChI is InChI=1S/C12H10BrNO4/c1-7-11(12(15)16)18-10(14-7)6-17-9-5-3-2-4-8(9)13/h2-5H,6H2,1H3,(H,15,16). The SMILES string of the molecule is Cc1nc(COc2ccccc2Br)oc1C(=O)O. The molecule has 1 N–H and O–H groups in total. The molecule has 1 heterocycles. The largest absolute Gasteiger partial charge is 0.483 e. The van der Waals surface area contributed by atoms with Crippen molar-refractivity contribution >= 4 is 21.9 Å². The zero-order valence-corrected chi connectivity index (χ0v) is 11.1. The highest BCUT2D eigenvalue weighted by Crippen LogP contribution is 2.24. The summed E-state index contributed by atoms with van der Waals surface area (Å²) in [6.45, 7) is 1.66. The molecule has 0 fully saturated rings. The third-order valence-corrected chi connectivity index (χ3v) is 2.88. The molecule has 2 rings (SSSR count). The van der Waals surface area contributed by atoms with Gasteiger partial charge < -0.3 is 14.3 Å². The Morgan fingerprint density at radius 3 is 2.83 bits per heavy atom. The van der Waals surface area contributed by atoms with E-state index in [0.717, 1.165) is 4.47 Å². The summed E-state index contributed by atoms with van der Waals surface area (Å²) in [4.78, 5) is 14.8. The van der Waals surface area contributed by atoms with Crippen LogP contribution in [0.4, 0.5) is 0 Å². The predicted molar refractivity (Wildman–Crippen MR) is 66.7 cm³/mol. The van der Waals surface area contributed by atoms with E-state index in [1.165, 1.54) is 0 Å². The second-order valence-corrected chi connectivity index (χ2v) is 4.40. The van der Waals surface area contributed by atoms with Crippen molar-refractivity contribution in [3.63, 3.8) is 0 Å². The van der Waals surface area contributed by atoms with E-state index in [2.05, 4.69) is 20.9 Å². The first-order chi connectivity index (χ1) is 8.58. The molecule has 6 heteroatoms. The van der Waals surface area contributed by atoms with Crippen LogP contribution in [0.5, 0.6) is 5.75 Å². The van der Waals surface area contributed by atoms with E-state index >= 15 is 0 Å². The van der Waals surface area contributed by atoms with Crippen LogP contribution >= 0.6 is 15.9 Å². The van der Waals surface area contributed by atoms with Crippen LogP contribution in [0.15, 0.2) is 33.2 Å². The first-order valence-corrected chi connectivity index (χ1v) is 5.94. The Morgan fingerprint density at radius 1 is 1.50 bits per heavy atom. The fourth-order valence-corrected chi connectivity index (χ4v) is 1.81. The lowest BCUT2D eigenvalue weighted by Crippen LogP contribution is -1.96. The quantitative estimate of drug-likeness (QED) is 0.939. The summed E-state index contributed by atoms with van der Waals surface area (Å²) in [5, 5.41) is 8.83. The molecule has 0 atom stereocenters. The van der Waals surface area contributed by atoms with Crippen LogP contribution in [0.3, 0.4) is 0 Å². The number of halogens is 1. The minimum absolute atomic E-state index is 0.0801. The van der Waals surface area contributed by atoms with E-state index in [1.807, 2.05) is 18.2 Å². The van der Waals surface area contributed by atoms with Crippen molar-refractivity contribution < 1.29 is 19.1 Å². The number of benzene rings is 1. The molecule has 94 valence electrons. The molecule has 0 saturated carbocycles. The normalized spacial score (nSPS) is 10.3. The summed E-state index contributed by atoms with van der Waals surface area (Å²) in [6.07, 6.45) is 0. The average molecular weight is 312 g/mol. The second-order valence-electron chi connectivity index (χ2n) is 3.55. The zero-order chi connectivity index (χ0) is 13.1. The van der Waals surface area contributed by atoms with Gasteiger partial charge in [0.25, 0.3) is 0 Å². The van der Waals surface area contributed by atoms with Crippen LogP contribution in [-0.2, 0) is 6.61 Å². The maximum Gasteiger partial charge on any atom is 0.373 e. The van der Waals surface area contributed by atoms with E-state index in [1.54, 1.807) is 13.0 Å². The van der Waals surface area contributed by atoms with Crippen molar-refractivity contribution in [2.24, 2.45) is 0 Å². The summed E-state index contributed by atoms with van der Waals surface area (Å²) in [6, 6.07) is 7.34. The van der Waals surface area contributed by atoms with Gasteiger partial charge in [0.1, 0.15) is 5.75 Å². The van der Waals surface area contributed by atoms with Gasteiger partial charge in [-0.2, -0.15) is 0 Å². The topological polar surface area (TPSA) is 72.6 Å². The number of aromatic carboxylic acids is 1. The summed E-state index contributed by atoms with van der Waals surface area (Å²) in [7, 11) is 0. The molecule has 0 aliphatic heterocycles. The number of carboxylic acids is 1. The molecule has 0 saturated heterocycles. The number of oxazole rings is 1. The van der Waals surface area contributed by atoms with Gasteiger partial charge in [-0.05, 0) is 35.0 Å². The number of ether oxygens (including phenoxy) is 1. The van der Waals surface area contributed by atoms with Gasteiger partial charge in [-0.25, -0.2) is 9.78 Å². The molecule has 5 nitrogen and oxygen atoms in total. The molecule has 0 bridgehead atoms. The smallest absolute Gasteiger partial charge is 0.373 e. The van der Waals surface area contributed by atoms with Crippen molar-refractivity contribution in [2.45, 2.75) is 13.5 Å². The van der Waals surface area contributed by atoms with Gasteiger partial charge in [0.2, 0.25) is 11.7 Å². The van der Waals surface area contributed by atoms with E-state index in [0.29, 0.717) is 11.4 Å². The molecule has 0 spiro atoms. The molecule has 0 radical (unpaired) electrons. The Bertz CT molecular complexity index is 579. The lowest BCUT2D eigenvalue weighted by molar-refractivity contribution is 0.0657. The van der Waals surface area contributed by atoms with Gasteiger partial charge in [0.15, 0.2) is 6.61 Å². The number of aromatic nitrogens is 1. The Labute approximate surface area is 112 Å². The zero-order valence-electron chi connectivity index (χ0n) is 9.51. The van der Waals surface area contributed by atoms with Gasteiger partial charge in [-0.3, -0.25) is 0 Å². The average Bonchev–Trinajstić information content (AvgIpc) is 2.70. The van der Waals surface area contributed by atoms with Gasteiger partial charge in [0, 0.05) is 0 Å². The third kappa shape index (κ3) is 2.70. The highest BCUT2D eigenvalue weighted by atomic mass is 79.9. The van der Waals surface area contributed by atoms with Crippen LogP contribution in [-0.4, -0.2) is 16.1 Å². The molecule has 2 aromatic rings. The van der Waals surface area contributed by atoms with Crippen LogP contribution < -0.4 is 4.74 Å². The lowest BCUT2D eigenvalue weighted by Gasteiger charge is -2.04.